The molecule has 0 aliphatic heterocycles. The molecule has 23 heavy (non-hydrogen) atoms. The summed E-state index contributed by atoms with van der Waals surface area (Å²) in [6, 6.07) is 3.82. The molecule has 0 spiro atoms. The Morgan fingerprint density at radius 1 is 1.22 bits per heavy atom. The number of benzene rings is 1. The van der Waals surface area contributed by atoms with Crippen LogP contribution in [0.25, 0.3) is 11.3 Å². The number of carbonyl (C=O) groups is 1. The van der Waals surface area contributed by atoms with Gasteiger partial charge in [0.1, 0.15) is 0 Å². The third-order valence-corrected chi connectivity index (χ3v) is 3.50. The molecule has 1 aromatic carbocycles. The third-order valence-electron chi connectivity index (χ3n) is 2.79. The van der Waals surface area contributed by atoms with Gasteiger partial charge in [0.15, 0.2) is 5.75 Å². The number of pyridine rings is 1. The molecule has 2 rings (SSSR count). The minimum Gasteiger partial charge on any atom is -0.504 e. The number of aromatic nitrogens is 1. The number of hydrogen-bond acceptors (Lipinski definition) is 8. The molecule has 0 aliphatic rings. The van der Waals surface area contributed by atoms with Gasteiger partial charge in [0.2, 0.25) is 5.75 Å². The van der Waals surface area contributed by atoms with Crippen LogP contribution in [0.4, 0.5) is 5.69 Å². The lowest BCUT2D eigenvalue weighted by molar-refractivity contribution is -0.385. The van der Waals surface area contributed by atoms with Crippen LogP contribution in [-0.4, -0.2) is 38.2 Å². The van der Waals surface area contributed by atoms with Crippen molar-refractivity contribution in [3.8, 4) is 22.8 Å². The number of hydrogen-bond donors (Lipinski definition) is 3. The highest BCUT2D eigenvalue weighted by molar-refractivity contribution is 8.01. The molecule has 1 aromatic heterocycles. The lowest BCUT2D eigenvalue weighted by Crippen LogP contribution is -2.13. The summed E-state index contributed by atoms with van der Waals surface area (Å²) in [5, 5.41) is 28.2. The molecule has 1 heterocycles. The fourth-order valence-electron chi connectivity index (χ4n) is 1.76. The maximum atomic E-state index is 11.5. The molecule has 11 heteroatoms. The maximum absolute atomic E-state index is 11.5. The van der Waals surface area contributed by atoms with Gasteiger partial charge in [-0.1, -0.05) is 0 Å². The van der Waals surface area contributed by atoms with E-state index in [2.05, 4.69) is 4.98 Å². The molecule has 0 radical (unpaired) electrons. The zero-order valence-corrected chi connectivity index (χ0v) is 11.9. The Kier molecular flexibility index (Phi) is 3.99. The monoisotopic (exact) mass is 340 g/mol. The van der Waals surface area contributed by atoms with Crippen LogP contribution < -0.4 is 0 Å². The van der Waals surface area contributed by atoms with Crippen molar-refractivity contribution in [1.29, 1.82) is 0 Å². The second kappa shape index (κ2) is 5.62. The molecular formula is C12H8N2O8S. The molecule has 0 atom stereocenters. The van der Waals surface area contributed by atoms with E-state index in [4.69, 9.17) is 4.55 Å². The SMILES string of the molecule is O=C(c1ccnc(-c2cc(O)c(O)c([N+](=O)[O-])c2)c1)S(=O)(=O)O. The molecule has 120 valence electrons. The molecule has 10 nitrogen and oxygen atoms in total. The zero-order valence-electron chi connectivity index (χ0n) is 11.1. The average molecular weight is 340 g/mol. The van der Waals surface area contributed by atoms with Gasteiger partial charge in [-0.3, -0.25) is 24.4 Å². The van der Waals surface area contributed by atoms with Gasteiger partial charge in [0, 0.05) is 23.4 Å². The van der Waals surface area contributed by atoms with Crippen LogP contribution in [0.2, 0.25) is 0 Å². The third kappa shape index (κ3) is 3.25. The first kappa shape index (κ1) is 16.3. The Hall–Kier alpha value is -3.05. The Balaban J connectivity index is 2.60. The summed E-state index contributed by atoms with van der Waals surface area (Å²) in [4.78, 5) is 25.2. The number of nitro benzene ring substituents is 1. The summed E-state index contributed by atoms with van der Waals surface area (Å²) in [6.45, 7) is 0. The lowest BCUT2D eigenvalue weighted by Gasteiger charge is -2.05. The predicted octanol–water partition coefficient (Wildman–Crippen LogP) is 1.10. The van der Waals surface area contributed by atoms with Crippen LogP contribution in [0.1, 0.15) is 10.4 Å². The quantitative estimate of drug-likeness (QED) is 0.320. The van der Waals surface area contributed by atoms with E-state index in [1.54, 1.807) is 0 Å². The number of rotatable bonds is 3. The van der Waals surface area contributed by atoms with E-state index in [0.717, 1.165) is 30.5 Å². The van der Waals surface area contributed by atoms with Crippen molar-refractivity contribution in [2.45, 2.75) is 0 Å². The highest BCUT2D eigenvalue weighted by Crippen LogP contribution is 2.39. The van der Waals surface area contributed by atoms with Gasteiger partial charge in [0.25, 0.3) is 0 Å². The van der Waals surface area contributed by atoms with Crippen molar-refractivity contribution < 1.29 is 32.9 Å². The van der Waals surface area contributed by atoms with E-state index in [-0.39, 0.29) is 11.3 Å². The Bertz CT molecular complexity index is 923. The standard InChI is InChI=1S/C12H8N2O8S/c15-10-5-7(4-9(11(10)16)14(18)19)8-3-6(1-2-13-8)12(17)23(20,21)22/h1-5,15-16H,(H,20,21,22). The van der Waals surface area contributed by atoms with Crippen molar-refractivity contribution in [3.05, 3.63) is 46.1 Å². The van der Waals surface area contributed by atoms with Gasteiger partial charge in [-0.25, -0.2) is 0 Å². The van der Waals surface area contributed by atoms with Crippen LogP contribution in [0, 0.1) is 10.1 Å². The second-order valence-corrected chi connectivity index (χ2v) is 5.63. The predicted molar refractivity (Wildman–Crippen MR) is 75.5 cm³/mol. The number of aromatic hydroxyl groups is 2. The van der Waals surface area contributed by atoms with Gasteiger partial charge in [-0.05, 0) is 18.2 Å². The minimum atomic E-state index is -4.96. The number of nitro groups is 1. The number of phenolic OH excluding ortho intramolecular Hbond substituents is 2. The lowest BCUT2D eigenvalue weighted by atomic mass is 10.1. The van der Waals surface area contributed by atoms with Gasteiger partial charge in [-0.15, -0.1) is 0 Å². The Labute approximate surface area is 128 Å². The van der Waals surface area contributed by atoms with Crippen molar-refractivity contribution in [1.82, 2.24) is 4.98 Å². The number of carbonyl (C=O) groups excluding carboxylic acids is 1. The largest absolute Gasteiger partial charge is 0.504 e. The van der Waals surface area contributed by atoms with Gasteiger partial charge < -0.3 is 10.2 Å². The van der Waals surface area contributed by atoms with E-state index >= 15 is 0 Å². The normalized spacial score (nSPS) is 11.2. The van der Waals surface area contributed by atoms with E-state index in [1.807, 2.05) is 0 Å². The molecule has 0 saturated heterocycles. The average Bonchev–Trinajstić information content (AvgIpc) is 2.48. The van der Waals surface area contributed by atoms with Crippen LogP contribution >= 0.6 is 0 Å². The van der Waals surface area contributed by atoms with Gasteiger partial charge >= 0.3 is 20.9 Å². The summed E-state index contributed by atoms with van der Waals surface area (Å²) >= 11 is 0. The van der Waals surface area contributed by atoms with E-state index in [0.29, 0.717) is 0 Å². The smallest absolute Gasteiger partial charge is 0.333 e. The molecule has 0 unspecified atom stereocenters. The molecule has 0 saturated carbocycles. The van der Waals surface area contributed by atoms with Crippen LogP contribution in [0.15, 0.2) is 30.5 Å². The van der Waals surface area contributed by atoms with Crippen LogP contribution in [0.5, 0.6) is 11.5 Å². The van der Waals surface area contributed by atoms with Crippen molar-refractivity contribution in [2.75, 3.05) is 0 Å². The molecule has 0 fully saturated rings. The molecule has 0 aliphatic carbocycles. The topological polar surface area (TPSA) is 168 Å². The van der Waals surface area contributed by atoms with Gasteiger partial charge in [-0.2, -0.15) is 8.42 Å². The zero-order chi connectivity index (χ0) is 17.4. The van der Waals surface area contributed by atoms with Crippen LogP contribution in [-0.2, 0) is 10.1 Å². The van der Waals surface area contributed by atoms with Crippen molar-refractivity contribution in [3.63, 3.8) is 0 Å². The van der Waals surface area contributed by atoms with E-state index < -0.39 is 42.9 Å². The highest BCUT2D eigenvalue weighted by atomic mass is 32.2. The molecule has 2 aromatic rings. The van der Waals surface area contributed by atoms with Crippen molar-refractivity contribution >= 4 is 20.9 Å². The maximum Gasteiger partial charge on any atom is 0.333 e. The molecule has 0 bridgehead atoms. The molecule has 0 amide bonds. The summed E-state index contributed by atoms with van der Waals surface area (Å²) < 4.78 is 30.4. The highest BCUT2D eigenvalue weighted by Gasteiger charge is 2.23. The first-order chi connectivity index (χ1) is 10.6. The summed E-state index contributed by atoms with van der Waals surface area (Å²) in [5.74, 6) is -1.73. The number of phenols is 2. The van der Waals surface area contributed by atoms with Crippen LogP contribution in [0.3, 0.4) is 0 Å². The molecule has 3 N–H and O–H groups in total. The first-order valence-electron chi connectivity index (χ1n) is 5.80. The van der Waals surface area contributed by atoms with Crippen molar-refractivity contribution in [2.24, 2.45) is 0 Å². The first-order valence-corrected chi connectivity index (χ1v) is 7.24. The fraction of sp³-hybridized carbons (Fsp3) is 0. The number of nitrogens with zero attached hydrogens (tertiary/aromatic N) is 2. The fourth-order valence-corrected chi connectivity index (χ4v) is 2.18. The van der Waals surface area contributed by atoms with E-state index in [1.165, 1.54) is 0 Å². The minimum absolute atomic E-state index is 0.0445. The summed E-state index contributed by atoms with van der Waals surface area (Å²) in [7, 11) is -4.96. The Morgan fingerprint density at radius 3 is 2.43 bits per heavy atom. The summed E-state index contributed by atoms with van der Waals surface area (Å²) in [5.41, 5.74) is -1.35. The molecular weight excluding hydrogens is 332 g/mol. The summed E-state index contributed by atoms with van der Waals surface area (Å²) in [6.07, 6.45) is 1.05. The second-order valence-electron chi connectivity index (χ2n) is 4.31. The van der Waals surface area contributed by atoms with Gasteiger partial charge in [0.05, 0.1) is 10.6 Å². The Morgan fingerprint density at radius 2 is 1.87 bits per heavy atom. The van der Waals surface area contributed by atoms with E-state index in [9.17, 15) is 33.5 Å².